The molecule has 3 unspecified atom stereocenters. The molecule has 0 spiro atoms. The number of rotatable bonds is 40. The van der Waals surface area contributed by atoms with Gasteiger partial charge < -0.3 is 20.3 Å². The lowest BCUT2D eigenvalue weighted by atomic mass is 10.0. The summed E-state index contributed by atoms with van der Waals surface area (Å²) in [6.45, 7) is 6.34. The van der Waals surface area contributed by atoms with E-state index in [2.05, 4.69) is 86.8 Å². The third kappa shape index (κ3) is 38.2. The third-order valence-corrected chi connectivity index (χ3v) is 10.1. The molecule has 0 aromatic rings. The predicted octanol–water partition coefficient (Wildman–Crippen LogP) is 13.3. The number of hydrogen-bond acceptors (Lipinski definition) is 5. The van der Waals surface area contributed by atoms with E-state index < -0.39 is 18.2 Å². The van der Waals surface area contributed by atoms with Crippen LogP contribution in [0.5, 0.6) is 0 Å². The van der Waals surface area contributed by atoms with Gasteiger partial charge >= 0.3 is 5.97 Å². The Balaban J connectivity index is 4.59. The van der Waals surface area contributed by atoms with Crippen LogP contribution < -0.4 is 5.32 Å². The fourth-order valence-corrected chi connectivity index (χ4v) is 6.54. The summed E-state index contributed by atoms with van der Waals surface area (Å²) in [5, 5.41) is 23.6. The summed E-state index contributed by atoms with van der Waals surface area (Å²) < 4.78 is 5.84. The molecule has 55 heavy (non-hydrogen) atoms. The molecule has 6 nitrogen and oxygen atoms in total. The first-order chi connectivity index (χ1) is 27.0. The highest BCUT2D eigenvalue weighted by molar-refractivity contribution is 5.77. The highest BCUT2D eigenvalue weighted by atomic mass is 16.5. The monoisotopic (exact) mass is 770 g/mol. The number of ether oxygens (including phenoxy) is 1. The van der Waals surface area contributed by atoms with Gasteiger partial charge in [0.2, 0.25) is 5.91 Å². The smallest absolute Gasteiger partial charge is 0.306 e. The lowest BCUT2D eigenvalue weighted by Crippen LogP contribution is -2.46. The third-order valence-electron chi connectivity index (χ3n) is 10.1. The molecule has 0 fully saturated rings. The number of aliphatic hydroxyl groups excluding tert-OH is 2. The standard InChI is InChI=1S/C49H87NO5/c1-4-7-10-13-16-19-21-22-23-24-25-26-28-30-33-36-39-42-49(54)55-45(40-37-34-31-18-15-12-9-6-3)43-48(53)50-46(44-51)47(52)41-38-35-32-29-27-20-17-14-11-8-5-2/h12,15-16,19,22-23,25-26,30,33,45-47,51-52H,4-11,13-14,17-18,20-21,24,27-29,31-32,34-44H2,1-3H3,(H,50,53)/b15-12-,19-16-,23-22-,26-25-,33-30-. The SMILES string of the molecule is CCC/C=C\CCCCCC(CC(=O)NC(CO)C(O)CCCCCCCCCCCCC)OC(=O)CCC/C=C\C/C=C\C/C=C\C/C=C\CCCCC. The zero-order chi connectivity index (χ0) is 40.3. The van der Waals surface area contributed by atoms with Crippen LogP contribution in [0.2, 0.25) is 0 Å². The summed E-state index contributed by atoms with van der Waals surface area (Å²) in [6, 6.07) is -0.715. The van der Waals surface area contributed by atoms with E-state index in [9.17, 15) is 19.8 Å². The summed E-state index contributed by atoms with van der Waals surface area (Å²) in [6.07, 6.45) is 51.5. The molecule has 0 aromatic carbocycles. The Morgan fingerprint density at radius 3 is 1.53 bits per heavy atom. The van der Waals surface area contributed by atoms with Gasteiger partial charge in [0.05, 0.1) is 25.2 Å². The Morgan fingerprint density at radius 1 is 0.527 bits per heavy atom. The molecule has 0 aliphatic heterocycles. The van der Waals surface area contributed by atoms with Crippen LogP contribution in [0.3, 0.4) is 0 Å². The maximum absolute atomic E-state index is 13.1. The number of unbranched alkanes of at least 4 members (excludes halogenated alkanes) is 18. The average molecular weight is 770 g/mol. The van der Waals surface area contributed by atoms with Crippen LogP contribution in [0.4, 0.5) is 0 Å². The predicted molar refractivity (Wildman–Crippen MR) is 236 cm³/mol. The molecular formula is C49H87NO5. The van der Waals surface area contributed by atoms with Gasteiger partial charge in [-0.15, -0.1) is 0 Å². The summed E-state index contributed by atoms with van der Waals surface area (Å²) in [7, 11) is 0. The number of carbonyl (C=O) groups excluding carboxylic acids is 2. The molecule has 0 radical (unpaired) electrons. The number of esters is 1. The van der Waals surface area contributed by atoms with E-state index in [1.54, 1.807) is 0 Å². The van der Waals surface area contributed by atoms with Crippen molar-refractivity contribution in [1.82, 2.24) is 5.32 Å². The van der Waals surface area contributed by atoms with Gasteiger partial charge in [0, 0.05) is 6.42 Å². The number of nitrogens with one attached hydrogen (secondary N) is 1. The van der Waals surface area contributed by atoms with Gasteiger partial charge in [-0.05, 0) is 83.5 Å². The molecule has 318 valence electrons. The van der Waals surface area contributed by atoms with Gasteiger partial charge in [-0.3, -0.25) is 9.59 Å². The largest absolute Gasteiger partial charge is 0.462 e. The van der Waals surface area contributed by atoms with Crippen molar-refractivity contribution >= 4 is 11.9 Å². The van der Waals surface area contributed by atoms with E-state index in [0.29, 0.717) is 25.7 Å². The first kappa shape index (κ1) is 52.6. The molecular weight excluding hydrogens is 683 g/mol. The van der Waals surface area contributed by atoms with E-state index in [-0.39, 0.29) is 24.9 Å². The van der Waals surface area contributed by atoms with Crippen molar-refractivity contribution in [3.05, 3.63) is 60.8 Å². The fraction of sp³-hybridized carbons (Fsp3) is 0.755. The summed E-state index contributed by atoms with van der Waals surface area (Å²) in [5.74, 6) is -0.565. The molecule has 0 aliphatic carbocycles. The molecule has 1 amide bonds. The lowest BCUT2D eigenvalue weighted by Gasteiger charge is -2.24. The van der Waals surface area contributed by atoms with Crippen molar-refractivity contribution in [1.29, 1.82) is 0 Å². The van der Waals surface area contributed by atoms with E-state index in [0.717, 1.165) is 83.5 Å². The second kappa shape index (κ2) is 42.7. The molecule has 0 bridgehead atoms. The Morgan fingerprint density at radius 2 is 0.964 bits per heavy atom. The molecule has 0 heterocycles. The Bertz CT molecular complexity index is 999. The molecule has 0 rings (SSSR count). The molecule has 0 aromatic heterocycles. The minimum Gasteiger partial charge on any atom is -0.462 e. The number of amides is 1. The molecule has 6 heteroatoms. The number of aliphatic hydroxyl groups is 2. The maximum Gasteiger partial charge on any atom is 0.306 e. The van der Waals surface area contributed by atoms with E-state index in [1.807, 2.05) is 0 Å². The topological polar surface area (TPSA) is 95.9 Å². The molecule has 0 saturated heterocycles. The second-order valence-electron chi connectivity index (χ2n) is 15.4. The van der Waals surface area contributed by atoms with Crippen LogP contribution in [0.1, 0.15) is 213 Å². The van der Waals surface area contributed by atoms with Gasteiger partial charge in [0.15, 0.2) is 0 Å². The molecule has 3 N–H and O–H groups in total. The normalized spacial score (nSPS) is 13.9. The van der Waals surface area contributed by atoms with E-state index in [1.165, 1.54) is 77.0 Å². The quantitative estimate of drug-likeness (QED) is 0.0328. The summed E-state index contributed by atoms with van der Waals surface area (Å²) >= 11 is 0. The van der Waals surface area contributed by atoms with Crippen LogP contribution in [-0.4, -0.2) is 46.9 Å². The minimum absolute atomic E-state index is 0.0426. The van der Waals surface area contributed by atoms with Crippen LogP contribution >= 0.6 is 0 Å². The van der Waals surface area contributed by atoms with E-state index in [4.69, 9.17) is 4.74 Å². The van der Waals surface area contributed by atoms with Crippen molar-refractivity contribution in [3.63, 3.8) is 0 Å². The maximum atomic E-state index is 13.1. The Kier molecular flexibility index (Phi) is 40.8. The zero-order valence-electron chi connectivity index (χ0n) is 36.0. The number of carbonyl (C=O) groups is 2. The van der Waals surface area contributed by atoms with E-state index >= 15 is 0 Å². The first-order valence-electron chi connectivity index (χ1n) is 23.0. The zero-order valence-corrected chi connectivity index (χ0v) is 36.0. The highest BCUT2D eigenvalue weighted by Crippen LogP contribution is 2.16. The number of allylic oxidation sites excluding steroid dienone is 10. The molecule has 0 aliphatic rings. The van der Waals surface area contributed by atoms with Crippen LogP contribution in [0, 0.1) is 0 Å². The van der Waals surface area contributed by atoms with Crippen molar-refractivity contribution in [2.24, 2.45) is 0 Å². The minimum atomic E-state index is -0.799. The summed E-state index contributed by atoms with van der Waals surface area (Å²) in [4.78, 5) is 25.9. The number of hydrogen-bond donors (Lipinski definition) is 3. The second-order valence-corrected chi connectivity index (χ2v) is 15.4. The lowest BCUT2D eigenvalue weighted by molar-refractivity contribution is -0.151. The van der Waals surface area contributed by atoms with Crippen LogP contribution in [0.25, 0.3) is 0 Å². The molecule has 3 atom stereocenters. The Labute approximate surface area is 339 Å². The molecule has 0 saturated carbocycles. The van der Waals surface area contributed by atoms with Gasteiger partial charge in [-0.25, -0.2) is 0 Å². The Hall–Kier alpha value is -2.44. The van der Waals surface area contributed by atoms with Crippen LogP contribution in [-0.2, 0) is 14.3 Å². The summed E-state index contributed by atoms with van der Waals surface area (Å²) in [5.41, 5.74) is 0. The van der Waals surface area contributed by atoms with Crippen LogP contribution in [0.15, 0.2) is 60.8 Å². The van der Waals surface area contributed by atoms with Gasteiger partial charge in [-0.2, -0.15) is 0 Å². The van der Waals surface area contributed by atoms with Crippen molar-refractivity contribution in [2.45, 2.75) is 232 Å². The van der Waals surface area contributed by atoms with Gasteiger partial charge in [0.1, 0.15) is 6.10 Å². The van der Waals surface area contributed by atoms with Crippen molar-refractivity contribution < 1.29 is 24.5 Å². The fourth-order valence-electron chi connectivity index (χ4n) is 6.54. The average Bonchev–Trinajstić information content (AvgIpc) is 3.18. The van der Waals surface area contributed by atoms with Crippen molar-refractivity contribution in [3.8, 4) is 0 Å². The van der Waals surface area contributed by atoms with Gasteiger partial charge in [-0.1, -0.05) is 178 Å². The highest BCUT2D eigenvalue weighted by Gasteiger charge is 2.24. The van der Waals surface area contributed by atoms with Gasteiger partial charge in [0.25, 0.3) is 0 Å². The van der Waals surface area contributed by atoms with Crippen molar-refractivity contribution in [2.75, 3.05) is 6.61 Å². The first-order valence-corrected chi connectivity index (χ1v) is 23.0.